The number of hydrogen-bond acceptors (Lipinski definition) is 1. The topological polar surface area (TPSA) is 29.3 Å². The smallest absolute Gasteiger partial charge is 0.170 e. The van der Waals surface area contributed by atoms with Crippen molar-refractivity contribution in [3.63, 3.8) is 0 Å². The fourth-order valence-corrected chi connectivity index (χ4v) is 1.32. The first kappa shape index (κ1) is 9.92. The third kappa shape index (κ3) is 2.39. The minimum Gasteiger partial charge on any atom is -0.376 e. The Bertz CT molecular complexity index is 297. The molecule has 1 aromatic carbocycles. The van der Waals surface area contributed by atoms with Gasteiger partial charge in [-0.1, -0.05) is 0 Å². The van der Waals surface area contributed by atoms with Gasteiger partial charge in [0, 0.05) is 12.2 Å². The van der Waals surface area contributed by atoms with Gasteiger partial charge < -0.3 is 10.6 Å². The molecule has 0 amide bonds. The van der Waals surface area contributed by atoms with Gasteiger partial charge in [-0.05, 0) is 43.4 Å². The molecule has 0 saturated carbocycles. The van der Waals surface area contributed by atoms with Gasteiger partial charge in [0.1, 0.15) is 5.82 Å². The lowest BCUT2D eigenvalue weighted by Gasteiger charge is -2.20. The van der Waals surface area contributed by atoms with E-state index in [4.69, 9.17) is 18.0 Å². The minimum atomic E-state index is -0.261. The van der Waals surface area contributed by atoms with Crippen LogP contribution >= 0.6 is 12.2 Å². The Morgan fingerprint density at radius 2 is 2.00 bits per heavy atom. The molecule has 4 heteroatoms. The molecule has 0 fully saturated rings. The zero-order valence-electron chi connectivity index (χ0n) is 7.33. The van der Waals surface area contributed by atoms with E-state index in [0.717, 1.165) is 5.69 Å². The average Bonchev–Trinajstić information content (AvgIpc) is 2.09. The number of nitrogens with zero attached hydrogens (tertiary/aromatic N) is 1. The van der Waals surface area contributed by atoms with Gasteiger partial charge in [0.15, 0.2) is 5.11 Å². The van der Waals surface area contributed by atoms with Crippen LogP contribution in [0.4, 0.5) is 10.1 Å². The Kier molecular flexibility index (Phi) is 3.19. The zero-order chi connectivity index (χ0) is 9.84. The minimum absolute atomic E-state index is 0.261. The zero-order valence-corrected chi connectivity index (χ0v) is 8.14. The summed E-state index contributed by atoms with van der Waals surface area (Å²) in [6.07, 6.45) is 0. The Morgan fingerprint density at radius 1 is 1.46 bits per heavy atom. The first-order valence-electron chi connectivity index (χ1n) is 3.97. The Balaban J connectivity index is 2.92. The molecule has 2 N–H and O–H groups in total. The Hall–Kier alpha value is -1.16. The second-order valence-electron chi connectivity index (χ2n) is 2.56. The molecule has 0 aliphatic rings. The van der Waals surface area contributed by atoms with E-state index in [9.17, 15) is 4.39 Å². The molecule has 0 heterocycles. The van der Waals surface area contributed by atoms with E-state index in [0.29, 0.717) is 11.7 Å². The highest BCUT2D eigenvalue weighted by Gasteiger charge is 2.05. The van der Waals surface area contributed by atoms with Crippen molar-refractivity contribution in [3.05, 3.63) is 30.1 Å². The molecule has 2 nitrogen and oxygen atoms in total. The molecule has 13 heavy (non-hydrogen) atoms. The van der Waals surface area contributed by atoms with Gasteiger partial charge in [-0.15, -0.1) is 0 Å². The SMILES string of the molecule is CCN(C(N)=S)c1ccc(F)cc1. The van der Waals surface area contributed by atoms with E-state index in [-0.39, 0.29) is 5.82 Å². The van der Waals surface area contributed by atoms with Gasteiger partial charge in [-0.25, -0.2) is 4.39 Å². The van der Waals surface area contributed by atoms with E-state index in [1.54, 1.807) is 17.0 Å². The highest BCUT2D eigenvalue weighted by atomic mass is 32.1. The average molecular weight is 198 g/mol. The normalized spacial score (nSPS) is 9.69. The van der Waals surface area contributed by atoms with Crippen LogP contribution in [-0.4, -0.2) is 11.7 Å². The number of anilines is 1. The van der Waals surface area contributed by atoms with Crippen LogP contribution < -0.4 is 10.6 Å². The Labute approximate surface area is 82.2 Å². The highest BCUT2D eigenvalue weighted by molar-refractivity contribution is 7.80. The van der Waals surface area contributed by atoms with Crippen LogP contribution in [0.25, 0.3) is 0 Å². The van der Waals surface area contributed by atoms with Crippen LogP contribution in [0.2, 0.25) is 0 Å². The van der Waals surface area contributed by atoms with Gasteiger partial charge in [-0.2, -0.15) is 0 Å². The van der Waals surface area contributed by atoms with Crippen molar-refractivity contribution in [3.8, 4) is 0 Å². The summed E-state index contributed by atoms with van der Waals surface area (Å²) in [5, 5.41) is 0.300. The van der Waals surface area contributed by atoms with Crippen LogP contribution in [0.3, 0.4) is 0 Å². The van der Waals surface area contributed by atoms with E-state index in [1.807, 2.05) is 6.92 Å². The maximum atomic E-state index is 12.6. The molecule has 0 radical (unpaired) electrons. The first-order chi connectivity index (χ1) is 6.15. The molecule has 0 saturated heterocycles. The van der Waals surface area contributed by atoms with Crippen LogP contribution in [-0.2, 0) is 0 Å². The molecular formula is C9H11FN2S. The van der Waals surface area contributed by atoms with E-state index >= 15 is 0 Å². The summed E-state index contributed by atoms with van der Waals surface area (Å²) in [4.78, 5) is 1.73. The lowest BCUT2D eigenvalue weighted by molar-refractivity contribution is 0.628. The Morgan fingerprint density at radius 3 is 2.38 bits per heavy atom. The summed E-state index contributed by atoms with van der Waals surface area (Å²) in [6.45, 7) is 2.61. The maximum absolute atomic E-state index is 12.6. The molecule has 0 aliphatic carbocycles. The second kappa shape index (κ2) is 4.18. The number of benzene rings is 1. The van der Waals surface area contributed by atoms with Crippen molar-refractivity contribution in [1.82, 2.24) is 0 Å². The predicted molar refractivity (Wildman–Crippen MR) is 56.2 cm³/mol. The van der Waals surface area contributed by atoms with Gasteiger partial charge >= 0.3 is 0 Å². The highest BCUT2D eigenvalue weighted by Crippen LogP contribution is 2.13. The monoisotopic (exact) mass is 198 g/mol. The number of thiocarbonyl (C=S) groups is 1. The van der Waals surface area contributed by atoms with Gasteiger partial charge in [0.2, 0.25) is 0 Å². The van der Waals surface area contributed by atoms with Crippen molar-refractivity contribution in [2.24, 2.45) is 5.73 Å². The molecular weight excluding hydrogens is 187 g/mol. The molecule has 0 bridgehead atoms. The molecule has 0 aromatic heterocycles. The quantitative estimate of drug-likeness (QED) is 0.736. The number of hydrogen-bond donors (Lipinski definition) is 1. The van der Waals surface area contributed by atoms with Crippen LogP contribution in [0.1, 0.15) is 6.92 Å². The van der Waals surface area contributed by atoms with Gasteiger partial charge in [-0.3, -0.25) is 0 Å². The summed E-state index contributed by atoms with van der Waals surface area (Å²) in [5.74, 6) is -0.261. The molecule has 1 rings (SSSR count). The van der Waals surface area contributed by atoms with E-state index in [2.05, 4.69) is 0 Å². The largest absolute Gasteiger partial charge is 0.376 e. The van der Waals surface area contributed by atoms with Crippen molar-refractivity contribution in [2.75, 3.05) is 11.4 Å². The summed E-state index contributed by atoms with van der Waals surface area (Å²) >= 11 is 4.84. The predicted octanol–water partition coefficient (Wildman–Crippen LogP) is 1.90. The summed E-state index contributed by atoms with van der Waals surface area (Å²) < 4.78 is 12.6. The van der Waals surface area contributed by atoms with Crippen molar-refractivity contribution < 1.29 is 4.39 Å². The third-order valence-corrected chi connectivity index (χ3v) is 1.94. The number of nitrogens with two attached hydrogens (primary N) is 1. The van der Waals surface area contributed by atoms with Crippen LogP contribution in [0, 0.1) is 5.82 Å². The van der Waals surface area contributed by atoms with Crippen molar-refractivity contribution in [1.29, 1.82) is 0 Å². The molecule has 70 valence electrons. The van der Waals surface area contributed by atoms with Crippen LogP contribution in [0.15, 0.2) is 24.3 Å². The standard InChI is InChI=1S/C9H11FN2S/c1-2-12(9(11)13)8-5-3-7(10)4-6-8/h3-6H,2H2,1H3,(H2,11,13). The fourth-order valence-electron chi connectivity index (χ4n) is 1.09. The molecule has 0 aliphatic heterocycles. The number of rotatable bonds is 2. The fraction of sp³-hybridized carbons (Fsp3) is 0.222. The third-order valence-electron chi connectivity index (χ3n) is 1.72. The molecule has 1 aromatic rings. The molecule has 0 atom stereocenters. The summed E-state index contributed by atoms with van der Waals surface area (Å²) in [7, 11) is 0. The second-order valence-corrected chi connectivity index (χ2v) is 2.98. The van der Waals surface area contributed by atoms with E-state index < -0.39 is 0 Å². The summed E-state index contributed by atoms with van der Waals surface area (Å²) in [6, 6.07) is 6.07. The molecule has 0 spiro atoms. The first-order valence-corrected chi connectivity index (χ1v) is 4.38. The van der Waals surface area contributed by atoms with Gasteiger partial charge in [0.25, 0.3) is 0 Å². The molecule has 0 unspecified atom stereocenters. The lowest BCUT2D eigenvalue weighted by Crippen LogP contribution is -2.35. The maximum Gasteiger partial charge on any atom is 0.170 e. The van der Waals surface area contributed by atoms with Crippen molar-refractivity contribution in [2.45, 2.75) is 6.92 Å². The van der Waals surface area contributed by atoms with Crippen molar-refractivity contribution >= 4 is 23.0 Å². The van der Waals surface area contributed by atoms with E-state index in [1.165, 1.54) is 12.1 Å². The van der Waals surface area contributed by atoms with Gasteiger partial charge in [0.05, 0.1) is 0 Å². The van der Waals surface area contributed by atoms with Crippen LogP contribution in [0.5, 0.6) is 0 Å². The summed E-state index contributed by atoms with van der Waals surface area (Å²) in [5.41, 5.74) is 6.30. The lowest BCUT2D eigenvalue weighted by atomic mass is 10.3. The number of halogens is 1.